The Labute approximate surface area is 147 Å². The molecule has 7 heteroatoms. The van der Waals surface area contributed by atoms with E-state index in [1.165, 1.54) is 0 Å². The summed E-state index contributed by atoms with van der Waals surface area (Å²) >= 11 is 0. The molecule has 1 aliphatic heterocycles. The summed E-state index contributed by atoms with van der Waals surface area (Å²) in [6, 6.07) is 7.44. The van der Waals surface area contributed by atoms with Gasteiger partial charge in [-0.1, -0.05) is 12.1 Å². The molecular weight excluding hydrogens is 320 g/mol. The molecule has 0 aliphatic carbocycles. The minimum absolute atomic E-state index is 0.105. The maximum atomic E-state index is 12.6. The summed E-state index contributed by atoms with van der Waals surface area (Å²) in [6.07, 6.45) is 3.56. The Morgan fingerprint density at radius 2 is 2.32 bits per heavy atom. The van der Waals surface area contributed by atoms with Crippen LogP contribution in [0.4, 0.5) is 4.79 Å². The number of aromatic nitrogens is 2. The Balaban J connectivity index is 1.72. The summed E-state index contributed by atoms with van der Waals surface area (Å²) in [7, 11) is 5.25. The van der Waals surface area contributed by atoms with E-state index in [1.807, 2.05) is 37.5 Å². The predicted molar refractivity (Wildman–Crippen MR) is 93.7 cm³/mol. The number of ether oxygens (including phenoxy) is 2. The fourth-order valence-corrected chi connectivity index (χ4v) is 3.01. The highest BCUT2D eigenvalue weighted by Crippen LogP contribution is 2.38. The third-order valence-electron chi connectivity index (χ3n) is 4.30. The van der Waals surface area contributed by atoms with Crippen LogP contribution in [0.2, 0.25) is 0 Å². The number of rotatable bonds is 4. The van der Waals surface area contributed by atoms with Crippen LogP contribution < -0.4 is 14.8 Å². The summed E-state index contributed by atoms with van der Waals surface area (Å²) in [5.41, 5.74) is 1.81. The molecule has 0 saturated heterocycles. The highest BCUT2D eigenvalue weighted by Gasteiger charge is 2.25. The Bertz CT molecular complexity index is 744. The van der Waals surface area contributed by atoms with E-state index in [0.717, 1.165) is 29.8 Å². The highest BCUT2D eigenvalue weighted by molar-refractivity contribution is 5.74. The molecule has 1 unspecified atom stereocenters. The van der Waals surface area contributed by atoms with Crippen molar-refractivity contribution in [3.05, 3.63) is 41.7 Å². The van der Waals surface area contributed by atoms with Crippen LogP contribution in [0.15, 0.2) is 30.5 Å². The van der Waals surface area contributed by atoms with Gasteiger partial charge in [0.2, 0.25) is 0 Å². The number of aryl methyl sites for hydroxylation is 1. The first-order valence-electron chi connectivity index (χ1n) is 8.38. The van der Waals surface area contributed by atoms with Gasteiger partial charge in [0.15, 0.2) is 11.5 Å². The maximum absolute atomic E-state index is 12.6. The molecule has 0 bridgehead atoms. The van der Waals surface area contributed by atoms with E-state index in [4.69, 9.17) is 9.47 Å². The van der Waals surface area contributed by atoms with Gasteiger partial charge in [-0.3, -0.25) is 4.68 Å². The van der Waals surface area contributed by atoms with Gasteiger partial charge in [0.1, 0.15) is 0 Å². The van der Waals surface area contributed by atoms with E-state index in [9.17, 15) is 4.79 Å². The van der Waals surface area contributed by atoms with Crippen LogP contribution in [-0.2, 0) is 13.6 Å². The molecule has 0 radical (unpaired) electrons. The minimum atomic E-state index is -0.133. The molecule has 1 aliphatic rings. The van der Waals surface area contributed by atoms with Gasteiger partial charge < -0.3 is 19.7 Å². The number of benzene rings is 1. The molecule has 1 aromatic heterocycles. The molecule has 1 aromatic carbocycles. The number of carbonyl (C=O) groups is 1. The van der Waals surface area contributed by atoms with Crippen molar-refractivity contribution in [3.8, 4) is 11.5 Å². The van der Waals surface area contributed by atoms with Crippen molar-refractivity contribution < 1.29 is 14.3 Å². The van der Waals surface area contributed by atoms with Crippen molar-refractivity contribution in [2.75, 3.05) is 20.8 Å². The van der Waals surface area contributed by atoms with Crippen molar-refractivity contribution in [2.24, 2.45) is 7.05 Å². The first kappa shape index (κ1) is 17.1. The van der Waals surface area contributed by atoms with Gasteiger partial charge in [-0.2, -0.15) is 5.10 Å². The van der Waals surface area contributed by atoms with Crippen molar-refractivity contribution in [2.45, 2.75) is 25.4 Å². The van der Waals surface area contributed by atoms with Crippen LogP contribution in [0.3, 0.4) is 0 Å². The number of amides is 2. The van der Waals surface area contributed by atoms with Gasteiger partial charge in [0.05, 0.1) is 32.0 Å². The number of hydrogen-bond donors (Lipinski definition) is 1. The molecule has 134 valence electrons. The first-order chi connectivity index (χ1) is 12.1. The number of urea groups is 1. The number of para-hydroxylation sites is 1. The topological polar surface area (TPSA) is 68.6 Å². The Morgan fingerprint density at radius 3 is 3.04 bits per heavy atom. The lowest BCUT2D eigenvalue weighted by Gasteiger charge is -2.23. The first-order valence-corrected chi connectivity index (χ1v) is 8.38. The number of nitrogens with one attached hydrogen (secondary N) is 1. The number of nitrogens with zero attached hydrogens (tertiary/aromatic N) is 3. The monoisotopic (exact) mass is 344 g/mol. The van der Waals surface area contributed by atoms with Crippen molar-refractivity contribution >= 4 is 6.03 Å². The summed E-state index contributed by atoms with van der Waals surface area (Å²) in [4.78, 5) is 14.2. The van der Waals surface area contributed by atoms with Gasteiger partial charge in [0, 0.05) is 25.9 Å². The van der Waals surface area contributed by atoms with Gasteiger partial charge in [-0.15, -0.1) is 0 Å². The number of hydrogen-bond acceptors (Lipinski definition) is 4. The third kappa shape index (κ3) is 3.87. The Hall–Kier alpha value is -2.70. The normalized spacial score (nSPS) is 16.4. The van der Waals surface area contributed by atoms with Crippen LogP contribution in [0.25, 0.3) is 0 Å². The summed E-state index contributed by atoms with van der Waals surface area (Å²) in [6.45, 7) is 1.07. The lowest BCUT2D eigenvalue weighted by molar-refractivity contribution is 0.201. The second kappa shape index (κ2) is 7.46. The molecule has 2 amide bonds. The highest BCUT2D eigenvalue weighted by atomic mass is 16.5. The second-order valence-corrected chi connectivity index (χ2v) is 6.21. The number of methoxy groups -OCH3 is 1. The van der Waals surface area contributed by atoms with E-state index < -0.39 is 0 Å². The molecular formula is C18H24N4O3. The smallest absolute Gasteiger partial charge is 0.317 e. The number of fused-ring (bicyclic) bond motifs is 1. The molecule has 0 fully saturated rings. The van der Waals surface area contributed by atoms with E-state index >= 15 is 0 Å². The zero-order valence-corrected chi connectivity index (χ0v) is 14.9. The fourth-order valence-electron chi connectivity index (χ4n) is 3.01. The van der Waals surface area contributed by atoms with Crippen molar-refractivity contribution in [1.29, 1.82) is 0 Å². The summed E-state index contributed by atoms with van der Waals surface area (Å²) in [5.74, 6) is 1.42. The Kier molecular flexibility index (Phi) is 5.11. The van der Waals surface area contributed by atoms with E-state index in [1.54, 1.807) is 23.7 Å². The molecule has 0 spiro atoms. The molecule has 0 saturated carbocycles. The van der Waals surface area contributed by atoms with Crippen molar-refractivity contribution in [1.82, 2.24) is 20.0 Å². The van der Waals surface area contributed by atoms with Crippen LogP contribution in [0.5, 0.6) is 11.5 Å². The van der Waals surface area contributed by atoms with Gasteiger partial charge >= 0.3 is 6.03 Å². The third-order valence-corrected chi connectivity index (χ3v) is 4.30. The largest absolute Gasteiger partial charge is 0.493 e. The van der Waals surface area contributed by atoms with Crippen molar-refractivity contribution in [3.63, 3.8) is 0 Å². The molecule has 3 rings (SSSR count). The molecule has 7 nitrogen and oxygen atoms in total. The SMILES string of the molecule is COc1cccc2c1OCCCC2NC(=O)N(C)Cc1ccn(C)n1. The lowest BCUT2D eigenvalue weighted by Crippen LogP contribution is -2.39. The van der Waals surface area contributed by atoms with Crippen LogP contribution in [0, 0.1) is 0 Å². The minimum Gasteiger partial charge on any atom is -0.493 e. The van der Waals surface area contributed by atoms with E-state index in [-0.39, 0.29) is 12.1 Å². The molecule has 25 heavy (non-hydrogen) atoms. The lowest BCUT2D eigenvalue weighted by atomic mass is 10.0. The van der Waals surface area contributed by atoms with Crippen LogP contribution in [0.1, 0.15) is 30.1 Å². The molecule has 1 atom stereocenters. The second-order valence-electron chi connectivity index (χ2n) is 6.21. The van der Waals surface area contributed by atoms with Gasteiger partial charge in [-0.25, -0.2) is 4.79 Å². The molecule has 2 heterocycles. The predicted octanol–water partition coefficient (Wildman–Crippen LogP) is 2.48. The van der Waals surface area contributed by atoms with E-state index in [2.05, 4.69) is 10.4 Å². The summed E-state index contributed by atoms with van der Waals surface area (Å²) in [5, 5.41) is 7.42. The zero-order valence-electron chi connectivity index (χ0n) is 14.9. The van der Waals surface area contributed by atoms with Crippen LogP contribution in [-0.4, -0.2) is 41.5 Å². The quantitative estimate of drug-likeness (QED) is 0.925. The fraction of sp³-hybridized carbons (Fsp3) is 0.444. The summed E-state index contributed by atoms with van der Waals surface area (Å²) < 4.78 is 13.0. The molecule has 1 N–H and O–H groups in total. The average molecular weight is 344 g/mol. The van der Waals surface area contributed by atoms with E-state index in [0.29, 0.717) is 18.9 Å². The number of carbonyl (C=O) groups excluding carboxylic acids is 1. The maximum Gasteiger partial charge on any atom is 0.317 e. The molecule has 2 aromatic rings. The van der Waals surface area contributed by atoms with Gasteiger partial charge in [0.25, 0.3) is 0 Å². The van der Waals surface area contributed by atoms with Crippen LogP contribution >= 0.6 is 0 Å². The zero-order chi connectivity index (χ0) is 17.8. The standard InChI is InChI=1S/C18H24N4O3/c1-21(12-13-9-10-22(2)20-13)18(23)19-15-7-5-11-25-17-14(15)6-4-8-16(17)24-3/h4,6,8-10,15H,5,7,11-12H2,1-3H3,(H,19,23). The van der Waals surface area contributed by atoms with Gasteiger partial charge in [-0.05, 0) is 25.0 Å². The average Bonchev–Trinajstić information content (AvgIpc) is 2.90. The Morgan fingerprint density at radius 1 is 1.48 bits per heavy atom.